The van der Waals surface area contributed by atoms with Crippen LogP contribution in [0.15, 0.2) is 53.3 Å². The first-order chi connectivity index (χ1) is 10.3. The average Bonchev–Trinajstić information content (AvgIpc) is 2.47. The number of H-pyrrole nitrogens is 1. The van der Waals surface area contributed by atoms with Gasteiger partial charge in [0.25, 0.3) is 5.56 Å². The number of benzene rings is 2. The van der Waals surface area contributed by atoms with Crippen molar-refractivity contribution in [1.29, 1.82) is 0 Å². The molecule has 21 heavy (non-hydrogen) atoms. The number of nitrogens with one attached hydrogen (secondary N) is 2. The minimum Gasteiger partial charge on any atom is -0.378 e. The molecule has 0 aliphatic carbocycles. The summed E-state index contributed by atoms with van der Waals surface area (Å²) in [6.07, 6.45) is 0. The second-order valence-corrected chi connectivity index (χ2v) is 4.67. The molecular formula is C16H15N3O2. The van der Waals surface area contributed by atoms with E-state index in [2.05, 4.69) is 15.3 Å². The lowest BCUT2D eigenvalue weighted by atomic mass is 10.1. The van der Waals surface area contributed by atoms with Crippen molar-refractivity contribution in [3.05, 3.63) is 64.6 Å². The molecule has 0 saturated carbocycles. The van der Waals surface area contributed by atoms with Crippen molar-refractivity contribution < 1.29 is 4.74 Å². The van der Waals surface area contributed by atoms with Crippen LogP contribution >= 0.6 is 0 Å². The van der Waals surface area contributed by atoms with E-state index in [-0.39, 0.29) is 5.56 Å². The maximum Gasteiger partial charge on any atom is 0.252 e. The van der Waals surface area contributed by atoms with Crippen LogP contribution in [0.5, 0.6) is 0 Å². The van der Waals surface area contributed by atoms with Crippen molar-refractivity contribution in [3.63, 3.8) is 0 Å². The molecule has 0 spiro atoms. The van der Waals surface area contributed by atoms with Gasteiger partial charge in [-0.1, -0.05) is 36.4 Å². The number of hydrogen-bond donors (Lipinski definition) is 2. The van der Waals surface area contributed by atoms with Crippen LogP contribution in [0.3, 0.4) is 0 Å². The molecule has 5 heteroatoms. The largest absolute Gasteiger partial charge is 0.378 e. The molecule has 1 heterocycles. The van der Waals surface area contributed by atoms with Gasteiger partial charge < -0.3 is 10.1 Å². The first-order valence-corrected chi connectivity index (χ1v) is 6.60. The fraction of sp³-hybridized carbons (Fsp3) is 0.125. The summed E-state index contributed by atoms with van der Waals surface area (Å²) in [5.74, 6) is 0.408. The molecule has 0 aliphatic heterocycles. The van der Waals surface area contributed by atoms with Gasteiger partial charge in [0.1, 0.15) is 0 Å². The zero-order chi connectivity index (χ0) is 14.7. The van der Waals surface area contributed by atoms with Crippen LogP contribution in [0.2, 0.25) is 0 Å². The summed E-state index contributed by atoms with van der Waals surface area (Å²) in [4.78, 5) is 18.7. The summed E-state index contributed by atoms with van der Waals surface area (Å²) in [5.41, 5.74) is 1.27. The summed E-state index contributed by atoms with van der Waals surface area (Å²) in [6, 6.07) is 15.4. The summed E-state index contributed by atoms with van der Waals surface area (Å²) in [6.45, 7) is 0.300. The Kier molecular flexibility index (Phi) is 3.66. The molecule has 0 amide bonds. The molecule has 0 unspecified atom stereocenters. The van der Waals surface area contributed by atoms with Crippen molar-refractivity contribution in [2.45, 2.75) is 6.61 Å². The molecule has 1 aromatic heterocycles. The minimum atomic E-state index is -0.209. The SMILES string of the molecule is COCc1cc(=O)[nH]c(Nc2cccc3ccccc23)n1. The lowest BCUT2D eigenvalue weighted by molar-refractivity contribution is 0.181. The van der Waals surface area contributed by atoms with Gasteiger partial charge in [0.2, 0.25) is 5.95 Å². The van der Waals surface area contributed by atoms with Crippen LogP contribution < -0.4 is 10.9 Å². The van der Waals surface area contributed by atoms with E-state index in [1.54, 1.807) is 7.11 Å². The maximum atomic E-state index is 11.6. The summed E-state index contributed by atoms with van der Waals surface area (Å²) >= 11 is 0. The highest BCUT2D eigenvalue weighted by Crippen LogP contribution is 2.24. The third-order valence-electron chi connectivity index (χ3n) is 3.13. The highest BCUT2D eigenvalue weighted by atomic mass is 16.5. The van der Waals surface area contributed by atoms with E-state index in [1.807, 2.05) is 42.5 Å². The van der Waals surface area contributed by atoms with Gasteiger partial charge in [-0.05, 0) is 11.5 Å². The Labute approximate surface area is 121 Å². The average molecular weight is 281 g/mol. The lowest BCUT2D eigenvalue weighted by Crippen LogP contribution is -2.12. The number of aromatic nitrogens is 2. The number of anilines is 2. The molecule has 0 aliphatic rings. The number of rotatable bonds is 4. The summed E-state index contributed by atoms with van der Waals surface area (Å²) in [7, 11) is 1.57. The smallest absolute Gasteiger partial charge is 0.252 e. The Morgan fingerprint density at radius 3 is 2.86 bits per heavy atom. The molecule has 0 saturated heterocycles. The molecule has 0 bridgehead atoms. The van der Waals surface area contributed by atoms with Gasteiger partial charge in [0.15, 0.2) is 0 Å². The van der Waals surface area contributed by atoms with Gasteiger partial charge in [0, 0.05) is 24.2 Å². The van der Waals surface area contributed by atoms with E-state index < -0.39 is 0 Å². The van der Waals surface area contributed by atoms with E-state index in [0.29, 0.717) is 18.2 Å². The molecule has 2 aromatic carbocycles. The molecule has 5 nitrogen and oxygen atoms in total. The number of nitrogens with zero attached hydrogens (tertiary/aromatic N) is 1. The molecule has 2 N–H and O–H groups in total. The van der Waals surface area contributed by atoms with Gasteiger partial charge in [-0.3, -0.25) is 9.78 Å². The van der Waals surface area contributed by atoms with Crippen LogP contribution in [-0.4, -0.2) is 17.1 Å². The van der Waals surface area contributed by atoms with E-state index in [4.69, 9.17) is 4.74 Å². The van der Waals surface area contributed by atoms with Crippen molar-refractivity contribution >= 4 is 22.4 Å². The zero-order valence-electron chi connectivity index (χ0n) is 11.6. The molecule has 106 valence electrons. The van der Waals surface area contributed by atoms with Crippen LogP contribution in [0, 0.1) is 0 Å². The van der Waals surface area contributed by atoms with Gasteiger partial charge >= 0.3 is 0 Å². The van der Waals surface area contributed by atoms with Crippen LogP contribution in [-0.2, 0) is 11.3 Å². The third kappa shape index (κ3) is 2.93. The van der Waals surface area contributed by atoms with Crippen LogP contribution in [0.4, 0.5) is 11.6 Å². The normalized spacial score (nSPS) is 10.7. The number of fused-ring (bicyclic) bond motifs is 1. The number of hydrogen-bond acceptors (Lipinski definition) is 4. The summed E-state index contributed by atoms with van der Waals surface area (Å²) < 4.78 is 5.02. The Bertz CT molecular complexity index is 822. The number of methoxy groups -OCH3 is 1. The second kappa shape index (κ2) is 5.76. The second-order valence-electron chi connectivity index (χ2n) is 4.67. The first kappa shape index (κ1) is 13.3. The third-order valence-corrected chi connectivity index (χ3v) is 3.13. The van der Waals surface area contributed by atoms with Gasteiger partial charge in [-0.25, -0.2) is 4.98 Å². The van der Waals surface area contributed by atoms with Crippen LogP contribution in [0.25, 0.3) is 10.8 Å². The van der Waals surface area contributed by atoms with E-state index in [0.717, 1.165) is 16.5 Å². The predicted octanol–water partition coefficient (Wildman–Crippen LogP) is 2.81. The Morgan fingerprint density at radius 1 is 1.19 bits per heavy atom. The Morgan fingerprint density at radius 2 is 2.00 bits per heavy atom. The Balaban J connectivity index is 2.00. The predicted molar refractivity (Wildman–Crippen MR) is 82.8 cm³/mol. The number of ether oxygens (including phenoxy) is 1. The lowest BCUT2D eigenvalue weighted by Gasteiger charge is -2.09. The molecule has 0 atom stereocenters. The van der Waals surface area contributed by atoms with Gasteiger partial charge in [0.05, 0.1) is 12.3 Å². The molecular weight excluding hydrogens is 266 g/mol. The topological polar surface area (TPSA) is 67.0 Å². The molecule has 0 radical (unpaired) electrons. The summed E-state index contributed by atoms with van der Waals surface area (Å²) in [5, 5.41) is 5.36. The maximum absolute atomic E-state index is 11.6. The quantitative estimate of drug-likeness (QED) is 0.771. The van der Waals surface area contributed by atoms with Crippen molar-refractivity contribution in [2.75, 3.05) is 12.4 Å². The van der Waals surface area contributed by atoms with E-state index >= 15 is 0 Å². The number of aromatic amines is 1. The fourth-order valence-corrected chi connectivity index (χ4v) is 2.25. The standard InChI is InChI=1S/C16H15N3O2/c1-21-10-12-9-15(20)19-16(17-12)18-14-8-4-6-11-5-2-3-7-13(11)14/h2-9H,10H2,1H3,(H2,17,18,19,20). The molecule has 0 fully saturated rings. The minimum absolute atomic E-state index is 0.209. The Hall–Kier alpha value is -2.66. The van der Waals surface area contributed by atoms with Crippen molar-refractivity contribution in [2.24, 2.45) is 0 Å². The molecule has 3 aromatic rings. The van der Waals surface area contributed by atoms with Gasteiger partial charge in [-0.15, -0.1) is 0 Å². The monoisotopic (exact) mass is 281 g/mol. The van der Waals surface area contributed by atoms with Crippen molar-refractivity contribution in [1.82, 2.24) is 9.97 Å². The van der Waals surface area contributed by atoms with Crippen molar-refractivity contribution in [3.8, 4) is 0 Å². The molecule has 3 rings (SSSR count). The van der Waals surface area contributed by atoms with E-state index in [9.17, 15) is 4.79 Å². The van der Waals surface area contributed by atoms with Crippen LogP contribution in [0.1, 0.15) is 5.69 Å². The highest BCUT2D eigenvalue weighted by molar-refractivity contribution is 5.94. The highest BCUT2D eigenvalue weighted by Gasteiger charge is 2.04. The van der Waals surface area contributed by atoms with Gasteiger partial charge in [-0.2, -0.15) is 0 Å². The van der Waals surface area contributed by atoms with E-state index in [1.165, 1.54) is 6.07 Å². The fourth-order valence-electron chi connectivity index (χ4n) is 2.25. The zero-order valence-corrected chi connectivity index (χ0v) is 11.6. The first-order valence-electron chi connectivity index (χ1n) is 6.60.